The fraction of sp³-hybridized carbons (Fsp3) is 0.400. The summed E-state index contributed by atoms with van der Waals surface area (Å²) in [6.07, 6.45) is 3.21. The summed E-state index contributed by atoms with van der Waals surface area (Å²) >= 11 is 11.8. The summed E-state index contributed by atoms with van der Waals surface area (Å²) in [5.74, 6) is -0.116. The highest BCUT2D eigenvalue weighted by atomic mass is 35.5. The van der Waals surface area contributed by atoms with Crippen LogP contribution in [0.25, 0.3) is 6.08 Å². The highest BCUT2D eigenvalue weighted by molar-refractivity contribution is 6.42. The van der Waals surface area contributed by atoms with Crippen LogP contribution in [0.1, 0.15) is 5.56 Å². The second-order valence-electron chi connectivity index (χ2n) is 4.75. The van der Waals surface area contributed by atoms with Gasteiger partial charge in [-0.15, -0.1) is 0 Å². The first kappa shape index (κ1) is 16.3. The molecule has 0 radical (unpaired) electrons. The van der Waals surface area contributed by atoms with Crippen LogP contribution in [0.5, 0.6) is 0 Å². The highest BCUT2D eigenvalue weighted by Gasteiger charge is 2.09. The molecule has 0 spiro atoms. The molecule has 1 amide bonds. The number of benzene rings is 1. The van der Waals surface area contributed by atoms with E-state index in [-0.39, 0.29) is 5.91 Å². The van der Waals surface area contributed by atoms with Crippen molar-refractivity contribution >= 4 is 35.2 Å². The number of hydrogen-bond donors (Lipinski definition) is 1. The van der Waals surface area contributed by atoms with Crippen LogP contribution in [0.2, 0.25) is 10.0 Å². The van der Waals surface area contributed by atoms with Crippen molar-refractivity contribution < 1.29 is 9.53 Å². The Morgan fingerprint density at radius 3 is 2.76 bits per heavy atom. The number of ether oxygens (including phenoxy) is 1. The van der Waals surface area contributed by atoms with Gasteiger partial charge in [-0.1, -0.05) is 29.3 Å². The number of nitrogens with zero attached hydrogens (tertiary/aromatic N) is 1. The molecule has 1 aliphatic heterocycles. The second kappa shape index (κ2) is 8.39. The molecular weight excluding hydrogens is 311 g/mol. The summed E-state index contributed by atoms with van der Waals surface area (Å²) in [7, 11) is 0. The van der Waals surface area contributed by atoms with Crippen LogP contribution < -0.4 is 5.32 Å². The minimum atomic E-state index is -0.116. The number of amides is 1. The Kier molecular flexibility index (Phi) is 6.51. The van der Waals surface area contributed by atoms with Crippen molar-refractivity contribution in [2.24, 2.45) is 0 Å². The Hall–Kier alpha value is -1.07. The van der Waals surface area contributed by atoms with Crippen molar-refractivity contribution in [3.63, 3.8) is 0 Å². The maximum Gasteiger partial charge on any atom is 0.244 e. The first-order valence-electron chi connectivity index (χ1n) is 6.86. The molecule has 6 heteroatoms. The van der Waals surface area contributed by atoms with Gasteiger partial charge in [0.05, 0.1) is 23.3 Å². The van der Waals surface area contributed by atoms with Crippen LogP contribution in [-0.4, -0.2) is 50.2 Å². The zero-order chi connectivity index (χ0) is 15.1. The smallest absolute Gasteiger partial charge is 0.244 e. The molecule has 1 aliphatic rings. The molecule has 1 fully saturated rings. The number of rotatable bonds is 5. The number of carbonyl (C=O) groups is 1. The van der Waals surface area contributed by atoms with E-state index in [0.29, 0.717) is 16.6 Å². The third-order valence-corrected chi connectivity index (χ3v) is 3.94. The van der Waals surface area contributed by atoms with Crippen LogP contribution >= 0.6 is 23.2 Å². The lowest BCUT2D eigenvalue weighted by atomic mass is 10.2. The maximum atomic E-state index is 11.7. The van der Waals surface area contributed by atoms with Crippen molar-refractivity contribution in [1.29, 1.82) is 0 Å². The second-order valence-corrected chi connectivity index (χ2v) is 5.57. The molecule has 114 valence electrons. The lowest BCUT2D eigenvalue weighted by molar-refractivity contribution is -0.116. The fourth-order valence-electron chi connectivity index (χ4n) is 2.01. The Balaban J connectivity index is 1.73. The summed E-state index contributed by atoms with van der Waals surface area (Å²) in [6.45, 7) is 4.86. The van der Waals surface area contributed by atoms with Gasteiger partial charge in [0.25, 0.3) is 0 Å². The minimum absolute atomic E-state index is 0.116. The quantitative estimate of drug-likeness (QED) is 0.844. The molecule has 0 aromatic heterocycles. The molecular formula is C15H18Cl2N2O2. The van der Waals surface area contributed by atoms with Gasteiger partial charge in [0.2, 0.25) is 5.91 Å². The number of morpholine rings is 1. The van der Waals surface area contributed by atoms with Crippen LogP contribution in [0.3, 0.4) is 0 Å². The normalized spacial score (nSPS) is 16.3. The van der Waals surface area contributed by atoms with E-state index in [2.05, 4.69) is 10.2 Å². The summed E-state index contributed by atoms with van der Waals surface area (Å²) in [5, 5.41) is 3.84. The van der Waals surface area contributed by atoms with Gasteiger partial charge in [-0.3, -0.25) is 9.69 Å². The first-order valence-corrected chi connectivity index (χ1v) is 7.62. The van der Waals surface area contributed by atoms with Crippen molar-refractivity contribution in [2.75, 3.05) is 39.4 Å². The van der Waals surface area contributed by atoms with Crippen molar-refractivity contribution in [2.45, 2.75) is 0 Å². The van der Waals surface area contributed by atoms with Crippen molar-refractivity contribution in [3.05, 3.63) is 39.9 Å². The van der Waals surface area contributed by atoms with Crippen LogP contribution in [0, 0.1) is 0 Å². The van der Waals surface area contributed by atoms with Gasteiger partial charge in [0.15, 0.2) is 0 Å². The summed E-state index contributed by atoms with van der Waals surface area (Å²) in [6, 6.07) is 5.24. The molecule has 0 atom stereocenters. The molecule has 2 rings (SSSR count). The van der Waals surface area contributed by atoms with Gasteiger partial charge >= 0.3 is 0 Å². The van der Waals surface area contributed by atoms with Crippen LogP contribution in [-0.2, 0) is 9.53 Å². The fourth-order valence-corrected chi connectivity index (χ4v) is 2.32. The Morgan fingerprint density at radius 1 is 1.29 bits per heavy atom. The highest BCUT2D eigenvalue weighted by Crippen LogP contribution is 2.22. The largest absolute Gasteiger partial charge is 0.379 e. The average molecular weight is 329 g/mol. The van der Waals surface area contributed by atoms with E-state index in [4.69, 9.17) is 27.9 Å². The van der Waals surface area contributed by atoms with Gasteiger partial charge in [-0.05, 0) is 23.8 Å². The maximum absolute atomic E-state index is 11.7. The zero-order valence-electron chi connectivity index (χ0n) is 11.6. The van der Waals surface area contributed by atoms with E-state index in [1.807, 2.05) is 6.07 Å². The summed E-state index contributed by atoms with van der Waals surface area (Å²) in [5.41, 5.74) is 0.840. The van der Waals surface area contributed by atoms with E-state index in [1.54, 1.807) is 18.2 Å². The lowest BCUT2D eigenvalue weighted by Crippen LogP contribution is -2.41. The van der Waals surface area contributed by atoms with Gasteiger partial charge in [0.1, 0.15) is 0 Å². The van der Waals surface area contributed by atoms with Gasteiger partial charge in [-0.25, -0.2) is 0 Å². The monoisotopic (exact) mass is 328 g/mol. The Bertz CT molecular complexity index is 514. The molecule has 1 aromatic carbocycles. The van der Waals surface area contributed by atoms with E-state index in [9.17, 15) is 4.79 Å². The average Bonchev–Trinajstić information content (AvgIpc) is 2.49. The van der Waals surface area contributed by atoms with Crippen molar-refractivity contribution in [3.8, 4) is 0 Å². The third kappa shape index (κ3) is 5.67. The van der Waals surface area contributed by atoms with E-state index in [0.717, 1.165) is 38.4 Å². The molecule has 0 unspecified atom stereocenters. The zero-order valence-corrected chi connectivity index (χ0v) is 13.2. The standard InChI is InChI=1S/C15H18Cl2N2O2/c16-13-3-1-12(11-14(13)17)2-4-15(20)18-5-6-19-7-9-21-10-8-19/h1-4,11H,5-10H2,(H,18,20). The molecule has 1 aromatic rings. The molecule has 21 heavy (non-hydrogen) atoms. The number of carbonyl (C=O) groups excluding carboxylic acids is 1. The lowest BCUT2D eigenvalue weighted by Gasteiger charge is -2.26. The Labute approximate surface area is 134 Å². The molecule has 0 aliphatic carbocycles. The molecule has 4 nitrogen and oxygen atoms in total. The molecule has 0 bridgehead atoms. The SMILES string of the molecule is O=C(C=Cc1ccc(Cl)c(Cl)c1)NCCN1CCOCC1. The van der Waals surface area contributed by atoms with E-state index in [1.165, 1.54) is 6.08 Å². The predicted octanol–water partition coefficient (Wildman–Crippen LogP) is 2.46. The summed E-state index contributed by atoms with van der Waals surface area (Å²) in [4.78, 5) is 14.0. The van der Waals surface area contributed by atoms with E-state index >= 15 is 0 Å². The Morgan fingerprint density at radius 2 is 2.05 bits per heavy atom. The first-order chi connectivity index (χ1) is 10.1. The van der Waals surface area contributed by atoms with Crippen molar-refractivity contribution in [1.82, 2.24) is 10.2 Å². The van der Waals surface area contributed by atoms with Gasteiger partial charge in [0, 0.05) is 32.3 Å². The molecule has 0 saturated carbocycles. The minimum Gasteiger partial charge on any atom is -0.379 e. The summed E-state index contributed by atoms with van der Waals surface area (Å²) < 4.78 is 5.27. The number of hydrogen-bond acceptors (Lipinski definition) is 3. The van der Waals surface area contributed by atoms with Crippen LogP contribution in [0.15, 0.2) is 24.3 Å². The topological polar surface area (TPSA) is 41.6 Å². The molecule has 1 N–H and O–H groups in total. The van der Waals surface area contributed by atoms with E-state index < -0.39 is 0 Å². The van der Waals surface area contributed by atoms with Gasteiger partial charge in [-0.2, -0.15) is 0 Å². The number of nitrogens with one attached hydrogen (secondary N) is 1. The third-order valence-electron chi connectivity index (χ3n) is 3.20. The molecule has 1 saturated heterocycles. The van der Waals surface area contributed by atoms with Crippen LogP contribution in [0.4, 0.5) is 0 Å². The van der Waals surface area contributed by atoms with Gasteiger partial charge < -0.3 is 10.1 Å². The predicted molar refractivity (Wildman–Crippen MR) is 85.8 cm³/mol. The molecule has 1 heterocycles. The number of halogens is 2.